The third-order valence-electron chi connectivity index (χ3n) is 12.3. The van der Waals surface area contributed by atoms with E-state index in [0.29, 0.717) is 38.5 Å². The van der Waals surface area contributed by atoms with E-state index in [4.69, 9.17) is 23.5 Å². The average Bonchev–Trinajstić information content (AvgIpc) is 3.26. The third-order valence-corrected chi connectivity index (χ3v) is 12.8. The number of phosphoric ester groups is 1. The van der Waals surface area contributed by atoms with Crippen LogP contribution in [0.3, 0.4) is 0 Å². The summed E-state index contributed by atoms with van der Waals surface area (Å²) in [5, 5.41) is 23.9. The summed E-state index contributed by atoms with van der Waals surface area (Å²) in [6, 6.07) is -1.62. The monoisotopic (exact) mass is 964 g/mol. The maximum atomic E-state index is 13.8. The SMILES string of the molecule is CCCCCCCCCCC[C@H](CC(=O)N[C@@H]1[C@@H](OC(=O)C[C@@H](CCCCCCCCCCC)OC(=O)CCCCCCCCC)[C@H](OP(=O)(O)O)[C@@H](CO)O[C@@H]1O)OC(=O)CCCCC. The van der Waals surface area contributed by atoms with Crippen LogP contribution in [0.2, 0.25) is 0 Å². The first-order valence-electron chi connectivity index (χ1n) is 26.3. The van der Waals surface area contributed by atoms with E-state index in [-0.39, 0.29) is 19.3 Å². The van der Waals surface area contributed by atoms with Crippen molar-refractivity contribution in [1.29, 1.82) is 0 Å². The smallest absolute Gasteiger partial charge is 0.462 e. The number of aliphatic hydroxyl groups is 2. The van der Waals surface area contributed by atoms with Crippen LogP contribution in [0, 0.1) is 0 Å². The quantitative estimate of drug-likeness (QED) is 0.0166. The van der Waals surface area contributed by atoms with Gasteiger partial charge in [0, 0.05) is 12.8 Å². The molecule has 0 aliphatic carbocycles. The lowest BCUT2D eigenvalue weighted by atomic mass is 9.96. The molecule has 1 heterocycles. The number of hydrogen-bond donors (Lipinski definition) is 5. The number of esters is 3. The van der Waals surface area contributed by atoms with Gasteiger partial charge in [0.05, 0.1) is 19.4 Å². The Bertz CT molecular complexity index is 1300. The molecule has 16 heteroatoms. The predicted octanol–water partition coefficient (Wildman–Crippen LogP) is 10.7. The number of unbranched alkanes of at least 4 members (excludes halogenated alkanes) is 24. The topological polar surface area (TPSA) is 224 Å². The Labute approximate surface area is 398 Å². The Morgan fingerprint density at radius 3 is 1.35 bits per heavy atom. The maximum Gasteiger partial charge on any atom is 0.470 e. The summed E-state index contributed by atoms with van der Waals surface area (Å²) in [7, 11) is -5.33. The molecular formula is C50H94NO14P. The summed E-state index contributed by atoms with van der Waals surface area (Å²) in [5.74, 6) is -2.50. The number of phosphoric acid groups is 1. The zero-order valence-electron chi connectivity index (χ0n) is 41.6. The number of rotatable bonds is 43. The number of carbonyl (C=O) groups is 4. The molecule has 7 atom stereocenters. The minimum absolute atomic E-state index is 0.196. The van der Waals surface area contributed by atoms with E-state index < -0.39 is 87.5 Å². The zero-order valence-corrected chi connectivity index (χ0v) is 42.5. The Hall–Kier alpha value is -2.13. The van der Waals surface area contributed by atoms with Crippen LogP contribution in [0.5, 0.6) is 0 Å². The molecule has 0 aromatic carbocycles. The number of nitrogens with one attached hydrogen (secondary N) is 1. The van der Waals surface area contributed by atoms with Crippen LogP contribution in [-0.2, 0) is 47.2 Å². The molecule has 1 aliphatic heterocycles. The molecule has 0 spiro atoms. The summed E-state index contributed by atoms with van der Waals surface area (Å²) in [4.78, 5) is 73.3. The van der Waals surface area contributed by atoms with Gasteiger partial charge >= 0.3 is 25.7 Å². The number of ether oxygens (including phenoxy) is 4. The van der Waals surface area contributed by atoms with Crippen molar-refractivity contribution in [3.05, 3.63) is 0 Å². The Morgan fingerprint density at radius 1 is 0.545 bits per heavy atom. The van der Waals surface area contributed by atoms with Gasteiger partial charge in [-0.15, -0.1) is 0 Å². The second kappa shape index (κ2) is 39.7. The Kier molecular flexibility index (Phi) is 37.2. The van der Waals surface area contributed by atoms with Crippen LogP contribution in [0.4, 0.5) is 0 Å². The van der Waals surface area contributed by atoms with Crippen molar-refractivity contribution in [3.8, 4) is 0 Å². The molecule has 1 saturated heterocycles. The molecule has 0 aromatic rings. The highest BCUT2D eigenvalue weighted by molar-refractivity contribution is 7.46. The van der Waals surface area contributed by atoms with Gasteiger partial charge in [-0.05, 0) is 38.5 Å². The van der Waals surface area contributed by atoms with Crippen LogP contribution in [0.15, 0.2) is 0 Å². The van der Waals surface area contributed by atoms with Gasteiger partial charge in [-0.1, -0.05) is 182 Å². The number of aliphatic hydroxyl groups excluding tert-OH is 2. The average molecular weight is 964 g/mol. The summed E-state index contributed by atoms with van der Waals surface area (Å²) in [6.07, 6.45) is 20.7. The fourth-order valence-electron chi connectivity index (χ4n) is 8.49. The van der Waals surface area contributed by atoms with Crippen molar-refractivity contribution in [2.75, 3.05) is 6.61 Å². The number of hydrogen-bond acceptors (Lipinski definition) is 12. The van der Waals surface area contributed by atoms with Crippen molar-refractivity contribution in [2.45, 2.75) is 289 Å². The molecule has 1 aliphatic rings. The van der Waals surface area contributed by atoms with E-state index in [9.17, 15) is 43.7 Å². The van der Waals surface area contributed by atoms with Crippen molar-refractivity contribution in [2.24, 2.45) is 0 Å². The Balaban J connectivity index is 3.20. The molecule has 66 heavy (non-hydrogen) atoms. The molecular weight excluding hydrogens is 870 g/mol. The van der Waals surface area contributed by atoms with Crippen LogP contribution >= 0.6 is 7.82 Å². The molecule has 0 aromatic heterocycles. The summed E-state index contributed by atoms with van der Waals surface area (Å²) in [6.45, 7) is 7.67. The van der Waals surface area contributed by atoms with Crippen molar-refractivity contribution in [3.63, 3.8) is 0 Å². The maximum absolute atomic E-state index is 13.8. The van der Waals surface area contributed by atoms with E-state index in [1.165, 1.54) is 57.8 Å². The summed E-state index contributed by atoms with van der Waals surface area (Å²) >= 11 is 0. The first-order valence-corrected chi connectivity index (χ1v) is 27.9. The molecule has 5 N–H and O–H groups in total. The molecule has 1 amide bonds. The standard InChI is InChI=1S/C50H94NO14P/c1-5-9-13-16-19-21-24-26-30-33-40(61-44(54)35-29-12-8-4)37-43(53)51-47-49(48(65-66(58,59)60)42(39-52)63-50(47)57)64-46(56)38-41(34-31-27-25-22-20-17-14-10-6-2)62-45(55)36-32-28-23-18-15-11-7-3/h40-42,47-50,52,57H,5-39H2,1-4H3,(H,51,53)(H2,58,59,60)/t40-,41-,42-,47-,48-,49-,50+/m1/s1. The lowest BCUT2D eigenvalue weighted by Crippen LogP contribution is -2.65. The fraction of sp³-hybridized carbons (Fsp3) is 0.920. The molecule has 0 radical (unpaired) electrons. The van der Waals surface area contributed by atoms with Crippen LogP contribution in [0.1, 0.15) is 246 Å². The molecule has 0 bridgehead atoms. The highest BCUT2D eigenvalue weighted by Crippen LogP contribution is 2.42. The van der Waals surface area contributed by atoms with Gasteiger partial charge < -0.3 is 44.3 Å². The van der Waals surface area contributed by atoms with Gasteiger partial charge in [-0.25, -0.2) is 4.57 Å². The summed E-state index contributed by atoms with van der Waals surface area (Å²) < 4.78 is 40.2. The Morgan fingerprint density at radius 2 is 0.924 bits per heavy atom. The van der Waals surface area contributed by atoms with Gasteiger partial charge in [0.15, 0.2) is 12.4 Å². The zero-order chi connectivity index (χ0) is 48.8. The largest absolute Gasteiger partial charge is 0.470 e. The first kappa shape index (κ1) is 61.9. The molecule has 0 saturated carbocycles. The van der Waals surface area contributed by atoms with Gasteiger partial charge in [0.25, 0.3) is 0 Å². The minimum atomic E-state index is -5.33. The molecule has 0 unspecified atom stereocenters. The van der Waals surface area contributed by atoms with Crippen LogP contribution in [-0.4, -0.2) is 93.3 Å². The second-order valence-electron chi connectivity index (χ2n) is 18.6. The predicted molar refractivity (Wildman–Crippen MR) is 256 cm³/mol. The van der Waals surface area contributed by atoms with Crippen molar-refractivity contribution in [1.82, 2.24) is 5.32 Å². The third kappa shape index (κ3) is 31.8. The van der Waals surface area contributed by atoms with Gasteiger partial charge in [-0.3, -0.25) is 23.7 Å². The van der Waals surface area contributed by atoms with E-state index in [1.54, 1.807) is 0 Å². The fourth-order valence-corrected chi connectivity index (χ4v) is 9.06. The number of amides is 1. The van der Waals surface area contributed by atoms with E-state index in [1.807, 2.05) is 6.92 Å². The molecule has 388 valence electrons. The van der Waals surface area contributed by atoms with E-state index >= 15 is 0 Å². The molecule has 15 nitrogen and oxygen atoms in total. The molecule has 1 fully saturated rings. The second-order valence-corrected chi connectivity index (χ2v) is 19.7. The van der Waals surface area contributed by atoms with Gasteiger partial charge in [0.1, 0.15) is 30.5 Å². The van der Waals surface area contributed by atoms with Gasteiger partial charge in [0.2, 0.25) is 5.91 Å². The molecule has 1 rings (SSSR count). The minimum Gasteiger partial charge on any atom is -0.462 e. The van der Waals surface area contributed by atoms with Crippen LogP contribution < -0.4 is 5.32 Å². The highest BCUT2D eigenvalue weighted by Gasteiger charge is 2.51. The lowest BCUT2D eigenvalue weighted by molar-refractivity contribution is -0.256. The lowest BCUT2D eigenvalue weighted by Gasteiger charge is -2.43. The van der Waals surface area contributed by atoms with Crippen LogP contribution in [0.25, 0.3) is 0 Å². The summed E-state index contributed by atoms with van der Waals surface area (Å²) in [5.41, 5.74) is 0. The van der Waals surface area contributed by atoms with Crippen molar-refractivity contribution < 1.29 is 67.2 Å². The van der Waals surface area contributed by atoms with E-state index in [2.05, 4.69) is 26.1 Å². The first-order chi connectivity index (χ1) is 31.8. The highest BCUT2D eigenvalue weighted by atomic mass is 31.2. The normalized spacial score (nSPS) is 19.5. The van der Waals surface area contributed by atoms with Gasteiger partial charge in [-0.2, -0.15) is 0 Å². The number of carbonyl (C=O) groups excluding carboxylic acids is 4. The van der Waals surface area contributed by atoms with Crippen molar-refractivity contribution >= 4 is 31.6 Å². The van der Waals surface area contributed by atoms with E-state index in [0.717, 1.165) is 96.3 Å².